The normalized spacial score (nSPS) is 49.5. The summed E-state index contributed by atoms with van der Waals surface area (Å²) in [6, 6.07) is 0. The summed E-state index contributed by atoms with van der Waals surface area (Å²) in [5, 5.41) is 21.2. The Kier molecular flexibility index (Phi) is 6.93. The highest BCUT2D eigenvalue weighted by Crippen LogP contribution is 2.68. The molecule has 0 saturated heterocycles. The molecule has 2 nitrogen and oxygen atoms in total. The monoisotopic (exact) mass is 432 g/mol. The van der Waals surface area contributed by atoms with Crippen LogP contribution in [0.25, 0.3) is 0 Å². The van der Waals surface area contributed by atoms with E-state index in [9.17, 15) is 10.2 Å². The first kappa shape index (κ1) is 24.1. The molecule has 0 aliphatic heterocycles. The molecule has 180 valence electrons. The van der Waals surface area contributed by atoms with E-state index in [-0.39, 0.29) is 11.7 Å². The molecule has 2 N–H and O–H groups in total. The van der Waals surface area contributed by atoms with Gasteiger partial charge in [0, 0.05) is 0 Å². The number of hydrogen-bond donors (Lipinski definition) is 2. The molecule has 4 rings (SSSR count). The first-order valence-corrected chi connectivity index (χ1v) is 14.1. The fraction of sp³-hybridized carbons (Fsp3) is 1.00. The van der Waals surface area contributed by atoms with Gasteiger partial charge >= 0.3 is 0 Å². The summed E-state index contributed by atoms with van der Waals surface area (Å²) >= 11 is 0. The van der Waals surface area contributed by atoms with E-state index in [1.54, 1.807) is 0 Å². The van der Waals surface area contributed by atoms with Crippen LogP contribution in [0.3, 0.4) is 0 Å². The highest BCUT2D eigenvalue weighted by Gasteiger charge is 2.60. The Balaban J connectivity index is 1.51. The van der Waals surface area contributed by atoms with Crippen LogP contribution in [-0.2, 0) is 0 Å². The molecule has 2 heteroatoms. The first-order chi connectivity index (χ1) is 14.7. The van der Waals surface area contributed by atoms with Crippen molar-refractivity contribution in [2.24, 2.45) is 46.3 Å². The third kappa shape index (κ3) is 4.16. The summed E-state index contributed by atoms with van der Waals surface area (Å²) in [4.78, 5) is 0. The minimum absolute atomic E-state index is 0.102. The Morgan fingerprint density at radius 2 is 1.61 bits per heavy atom. The molecule has 0 aromatic rings. The van der Waals surface area contributed by atoms with E-state index in [0.29, 0.717) is 10.8 Å². The van der Waals surface area contributed by atoms with Gasteiger partial charge in [-0.2, -0.15) is 0 Å². The van der Waals surface area contributed by atoms with Gasteiger partial charge in [0.2, 0.25) is 0 Å². The van der Waals surface area contributed by atoms with Crippen LogP contribution in [0.5, 0.6) is 0 Å². The maximum atomic E-state index is 11.1. The average molecular weight is 433 g/mol. The summed E-state index contributed by atoms with van der Waals surface area (Å²) in [5.41, 5.74) is 0.593. The second kappa shape index (κ2) is 8.94. The Morgan fingerprint density at radius 3 is 2.32 bits per heavy atom. The van der Waals surface area contributed by atoms with Crippen LogP contribution >= 0.6 is 0 Å². The van der Waals surface area contributed by atoms with Gasteiger partial charge in [0.25, 0.3) is 0 Å². The van der Waals surface area contributed by atoms with Crippen molar-refractivity contribution in [3.05, 3.63) is 0 Å². The standard InChI is InChI=1S/C29H52O2/c1-6-22(30)12-11-20(3)24-13-14-25-23-10-8-9-21-19-29(31,7-2)18-17-27(21,4)26(23)15-16-28(24,25)5/h20-26,30-31H,6-19H2,1-5H3/t20-,21+,22?,23-,24-,25+,26?,27+,28-,29+/m1/s1. The van der Waals surface area contributed by atoms with Crippen molar-refractivity contribution in [3.63, 3.8) is 0 Å². The van der Waals surface area contributed by atoms with Gasteiger partial charge in [0.15, 0.2) is 0 Å². The van der Waals surface area contributed by atoms with Crippen molar-refractivity contribution in [2.75, 3.05) is 0 Å². The van der Waals surface area contributed by atoms with Crippen LogP contribution in [0.4, 0.5) is 0 Å². The lowest BCUT2D eigenvalue weighted by Crippen LogP contribution is -2.52. The largest absolute Gasteiger partial charge is 0.393 e. The predicted molar refractivity (Wildman–Crippen MR) is 130 cm³/mol. The van der Waals surface area contributed by atoms with Gasteiger partial charge in [-0.15, -0.1) is 0 Å². The zero-order chi connectivity index (χ0) is 22.4. The van der Waals surface area contributed by atoms with Gasteiger partial charge in [-0.25, -0.2) is 0 Å². The van der Waals surface area contributed by atoms with Gasteiger partial charge in [-0.1, -0.05) is 41.0 Å². The quantitative estimate of drug-likeness (QED) is 0.460. The van der Waals surface area contributed by atoms with E-state index in [1.807, 2.05) is 0 Å². The predicted octanol–water partition coefficient (Wildman–Crippen LogP) is 7.36. The van der Waals surface area contributed by atoms with Crippen molar-refractivity contribution >= 4 is 0 Å². The maximum absolute atomic E-state index is 11.1. The second-order valence-electron chi connectivity index (χ2n) is 13.1. The molecular weight excluding hydrogens is 380 g/mol. The van der Waals surface area contributed by atoms with Gasteiger partial charge in [0.05, 0.1) is 11.7 Å². The molecule has 31 heavy (non-hydrogen) atoms. The third-order valence-corrected chi connectivity index (χ3v) is 11.9. The molecule has 0 bridgehead atoms. The number of aliphatic hydroxyl groups is 2. The second-order valence-corrected chi connectivity index (χ2v) is 13.1. The van der Waals surface area contributed by atoms with Crippen molar-refractivity contribution in [1.29, 1.82) is 0 Å². The van der Waals surface area contributed by atoms with E-state index >= 15 is 0 Å². The summed E-state index contributed by atoms with van der Waals surface area (Å²) in [6.45, 7) is 12.1. The smallest absolute Gasteiger partial charge is 0.0648 e. The maximum Gasteiger partial charge on any atom is 0.0648 e. The molecule has 4 saturated carbocycles. The minimum Gasteiger partial charge on any atom is -0.393 e. The fourth-order valence-corrected chi connectivity index (χ4v) is 9.69. The van der Waals surface area contributed by atoms with Crippen LogP contribution in [0.1, 0.15) is 125 Å². The Labute approximate surface area is 193 Å². The molecule has 0 spiro atoms. The average Bonchev–Trinajstić information content (AvgIpc) is 3.04. The topological polar surface area (TPSA) is 40.5 Å². The fourth-order valence-electron chi connectivity index (χ4n) is 9.69. The van der Waals surface area contributed by atoms with Crippen molar-refractivity contribution in [1.82, 2.24) is 0 Å². The highest BCUT2D eigenvalue weighted by atomic mass is 16.3. The molecule has 0 heterocycles. The van der Waals surface area contributed by atoms with Gasteiger partial charge in [-0.05, 0) is 130 Å². The number of aliphatic hydroxyl groups excluding tert-OH is 1. The number of fused-ring (bicyclic) bond motifs is 5. The van der Waals surface area contributed by atoms with Gasteiger partial charge in [-0.3, -0.25) is 0 Å². The molecule has 4 aliphatic carbocycles. The van der Waals surface area contributed by atoms with Crippen LogP contribution < -0.4 is 0 Å². The van der Waals surface area contributed by atoms with Crippen molar-refractivity contribution < 1.29 is 10.2 Å². The van der Waals surface area contributed by atoms with Crippen LogP contribution in [-0.4, -0.2) is 21.9 Å². The molecule has 0 aromatic heterocycles. The molecule has 0 amide bonds. The van der Waals surface area contributed by atoms with E-state index in [0.717, 1.165) is 67.6 Å². The Morgan fingerprint density at radius 1 is 0.871 bits per heavy atom. The molecule has 10 atom stereocenters. The molecule has 0 aromatic carbocycles. The summed E-state index contributed by atoms with van der Waals surface area (Å²) in [7, 11) is 0. The van der Waals surface area contributed by atoms with Crippen LogP contribution in [0.2, 0.25) is 0 Å². The zero-order valence-electron chi connectivity index (χ0n) is 21.3. The van der Waals surface area contributed by atoms with E-state index < -0.39 is 0 Å². The van der Waals surface area contributed by atoms with Gasteiger partial charge in [0.1, 0.15) is 0 Å². The van der Waals surface area contributed by atoms with Gasteiger partial charge < -0.3 is 10.2 Å². The van der Waals surface area contributed by atoms with Crippen LogP contribution in [0.15, 0.2) is 0 Å². The van der Waals surface area contributed by atoms with Crippen molar-refractivity contribution in [2.45, 2.75) is 136 Å². The molecular formula is C29H52O2. The third-order valence-electron chi connectivity index (χ3n) is 11.9. The first-order valence-electron chi connectivity index (χ1n) is 14.1. The molecule has 2 unspecified atom stereocenters. The lowest BCUT2D eigenvalue weighted by molar-refractivity contribution is -0.118. The molecule has 4 fully saturated rings. The summed E-state index contributed by atoms with van der Waals surface area (Å²) < 4.78 is 0. The van der Waals surface area contributed by atoms with E-state index in [1.165, 1.54) is 57.8 Å². The van der Waals surface area contributed by atoms with Crippen LogP contribution in [0, 0.1) is 46.3 Å². The zero-order valence-corrected chi connectivity index (χ0v) is 21.3. The lowest BCUT2D eigenvalue weighted by atomic mass is 9.48. The molecule has 4 aliphatic rings. The minimum atomic E-state index is -0.385. The summed E-state index contributed by atoms with van der Waals surface area (Å²) in [6.07, 6.45) is 17.1. The number of hydrogen-bond acceptors (Lipinski definition) is 2. The Hall–Kier alpha value is -0.0800. The summed E-state index contributed by atoms with van der Waals surface area (Å²) in [5.74, 6) is 5.05. The van der Waals surface area contributed by atoms with E-state index in [4.69, 9.17) is 0 Å². The SMILES string of the molecule is CCC(O)CC[C@@H](C)[C@H]1CC[C@H]2[C@H]3CCC[C@H]4C[C@](O)(CC)CC[C@]4(C)C3CC[C@]12C. The lowest BCUT2D eigenvalue weighted by Gasteiger charge is -2.58. The highest BCUT2D eigenvalue weighted by molar-refractivity contribution is 5.09. The molecule has 0 radical (unpaired) electrons. The Bertz CT molecular complexity index is 618. The van der Waals surface area contributed by atoms with Crippen molar-refractivity contribution in [3.8, 4) is 0 Å². The number of rotatable bonds is 6. The van der Waals surface area contributed by atoms with E-state index in [2.05, 4.69) is 34.6 Å².